The van der Waals surface area contributed by atoms with Gasteiger partial charge in [-0.05, 0) is 48.9 Å². The number of pyridine rings is 1. The Kier molecular flexibility index (Phi) is 17.1. The van der Waals surface area contributed by atoms with Crippen LogP contribution in [-0.2, 0) is 62.4 Å². The van der Waals surface area contributed by atoms with E-state index in [-0.39, 0.29) is 5.78 Å². The highest BCUT2D eigenvalue weighted by Gasteiger charge is 2.47. The van der Waals surface area contributed by atoms with Crippen LogP contribution < -0.4 is 26.4 Å². The van der Waals surface area contributed by atoms with Crippen LogP contribution in [0.2, 0.25) is 0 Å². The molecule has 0 aliphatic carbocycles. The molecule has 8 aromatic rings. The molecule has 0 saturated heterocycles. The number of carbonyl (C=O) groups excluding carboxylic acids is 1. The number of alkyl halides is 24. The number of hydrogen-bond acceptors (Lipinski definition) is 1. The van der Waals surface area contributed by atoms with Gasteiger partial charge in [0.25, 0.3) is 0 Å². The number of fused-ring (bicyclic) bond motifs is 1. The number of carbonyl (C=O) groups is 1. The number of para-hydroxylation sites is 1. The van der Waals surface area contributed by atoms with E-state index < -0.39 is 195 Å². The molecule has 27 heteroatoms. The molecular formula is C57H34BF24NO. The zero-order chi connectivity index (χ0) is 62.6. The molecule has 0 unspecified atom stereocenters. The zero-order valence-corrected chi connectivity index (χ0v) is 42.0. The molecule has 0 bridgehead atoms. The Morgan fingerprint density at radius 2 is 0.655 bits per heavy atom. The molecular weight excluding hydrogens is 1180 g/mol. The second-order valence-electron chi connectivity index (χ2n) is 19.1. The van der Waals surface area contributed by atoms with Crippen molar-refractivity contribution in [3.8, 4) is 0 Å². The maximum atomic E-state index is 14.2. The van der Waals surface area contributed by atoms with Crippen LogP contribution in [0.25, 0.3) is 10.9 Å². The van der Waals surface area contributed by atoms with Gasteiger partial charge in [0.1, 0.15) is 6.15 Å². The number of hydrogen-bond donors (Lipinski definition) is 0. The predicted molar refractivity (Wildman–Crippen MR) is 259 cm³/mol. The molecule has 0 saturated carbocycles. The minimum Gasteiger partial charge on any atom is -0.287 e. The molecule has 0 atom stereocenters. The number of aromatic nitrogens is 1. The van der Waals surface area contributed by atoms with Crippen LogP contribution >= 0.6 is 0 Å². The fourth-order valence-corrected chi connectivity index (χ4v) is 9.49. The van der Waals surface area contributed by atoms with E-state index in [2.05, 4.69) is 60.0 Å². The third-order valence-corrected chi connectivity index (χ3v) is 13.4. The highest BCUT2D eigenvalue weighted by atomic mass is 19.4. The first kappa shape index (κ1) is 63.6. The summed E-state index contributed by atoms with van der Waals surface area (Å²) in [6.07, 6.45) is -54.0. The van der Waals surface area contributed by atoms with E-state index in [9.17, 15) is 110 Å². The summed E-state index contributed by atoms with van der Waals surface area (Å²) in [4.78, 5) is 12.9. The van der Waals surface area contributed by atoms with Gasteiger partial charge < -0.3 is 0 Å². The number of ketones is 1. The van der Waals surface area contributed by atoms with Gasteiger partial charge in [0, 0.05) is 23.1 Å². The first-order chi connectivity index (χ1) is 38.5. The Bertz CT molecular complexity index is 3260. The fourth-order valence-electron chi connectivity index (χ4n) is 9.49. The summed E-state index contributed by atoms with van der Waals surface area (Å²) < 4.78 is 343. The molecule has 0 aliphatic rings. The Morgan fingerprint density at radius 3 is 0.964 bits per heavy atom. The second kappa shape index (κ2) is 22.5. The van der Waals surface area contributed by atoms with E-state index in [0.717, 1.165) is 28.6 Å². The normalized spacial score (nSPS) is 13.2. The maximum Gasteiger partial charge on any atom is 0.416 e. The van der Waals surface area contributed by atoms with Crippen molar-refractivity contribution in [3.05, 3.63) is 231 Å². The number of rotatable bonds is 9. The van der Waals surface area contributed by atoms with Crippen LogP contribution in [0.1, 0.15) is 71.7 Å². The van der Waals surface area contributed by atoms with Crippen molar-refractivity contribution < 1.29 is 115 Å². The summed E-state index contributed by atoms with van der Waals surface area (Å²) in [5.41, 5.74) is -24.7. The summed E-state index contributed by atoms with van der Waals surface area (Å²) in [7, 11) is 0. The molecule has 0 fully saturated rings. The van der Waals surface area contributed by atoms with Crippen molar-refractivity contribution in [3.63, 3.8) is 0 Å². The lowest BCUT2D eigenvalue weighted by Crippen LogP contribution is -2.75. The Hall–Kier alpha value is -8.00. The lowest BCUT2D eigenvalue weighted by atomic mass is 9.12. The van der Waals surface area contributed by atoms with Gasteiger partial charge in [0.15, 0.2) is 5.69 Å². The molecule has 8 rings (SSSR count). The average molecular weight is 1220 g/mol. The van der Waals surface area contributed by atoms with Crippen LogP contribution in [0.3, 0.4) is 0 Å². The Morgan fingerprint density at radius 1 is 0.357 bits per heavy atom. The van der Waals surface area contributed by atoms with E-state index in [4.69, 9.17) is 0 Å². The summed E-state index contributed by atoms with van der Waals surface area (Å²) in [5.74, 6) is 0.127. The van der Waals surface area contributed by atoms with Crippen molar-refractivity contribution in [2.24, 2.45) is 0 Å². The zero-order valence-electron chi connectivity index (χ0n) is 42.0. The van der Waals surface area contributed by atoms with Crippen molar-refractivity contribution in [2.45, 2.75) is 69.3 Å². The first-order valence-electron chi connectivity index (χ1n) is 23.9. The average Bonchev–Trinajstić information content (AvgIpc) is 0.857. The van der Waals surface area contributed by atoms with Gasteiger partial charge in [-0.25, -0.2) is 0 Å². The monoisotopic (exact) mass is 1220 g/mol. The molecule has 444 valence electrons. The molecule has 0 aliphatic heterocycles. The van der Waals surface area contributed by atoms with Crippen LogP contribution in [0, 0.1) is 6.92 Å². The van der Waals surface area contributed by atoms with Crippen LogP contribution in [-0.4, -0.2) is 11.9 Å². The summed E-state index contributed by atoms with van der Waals surface area (Å²) in [6, 6.07) is 21.8. The van der Waals surface area contributed by atoms with E-state index >= 15 is 0 Å². The summed E-state index contributed by atoms with van der Waals surface area (Å²) >= 11 is 0. The molecule has 1 heterocycles. The van der Waals surface area contributed by atoms with Gasteiger partial charge in [-0.2, -0.15) is 132 Å². The molecule has 0 spiro atoms. The first-order valence-corrected chi connectivity index (χ1v) is 23.9. The van der Waals surface area contributed by atoms with Gasteiger partial charge >= 0.3 is 49.4 Å². The van der Waals surface area contributed by atoms with Crippen molar-refractivity contribution >= 4 is 44.7 Å². The van der Waals surface area contributed by atoms with E-state index in [1.807, 2.05) is 42.5 Å². The van der Waals surface area contributed by atoms with Crippen molar-refractivity contribution in [2.75, 3.05) is 0 Å². The largest absolute Gasteiger partial charge is 0.416 e. The summed E-state index contributed by atoms with van der Waals surface area (Å²) in [5, 5.41) is 1.14. The molecule has 7 aromatic carbocycles. The van der Waals surface area contributed by atoms with E-state index in [0.29, 0.717) is 6.54 Å². The standard InChI is InChI=1S/C32H12BF24.C25H22NO/c34-25(35,36)13-1-14(26(37,38)39)6-21(5-13)33(22-7-15(27(40,41)42)2-16(8-22)28(43,44)45,23-9-17(29(46,47)48)3-18(10-23)30(49,50)51)24-11-19(31(52,53)54)4-20(12-24)32(55,56)57;1-19-11-13-20(14-12-19)17-23-16-15-21-7-5-6-10-24(21)26(23)18-25(27)22-8-3-2-4-9-22/h1-12H;2-16H,17-18H2,1H3/q-1;+1. The predicted octanol–water partition coefficient (Wildman–Crippen LogP) is 16.1. The van der Waals surface area contributed by atoms with Gasteiger partial charge in [0.05, 0.1) is 50.9 Å². The lowest BCUT2D eigenvalue weighted by molar-refractivity contribution is -0.664. The lowest BCUT2D eigenvalue weighted by Gasteiger charge is -2.46. The van der Waals surface area contributed by atoms with E-state index in [1.165, 1.54) is 11.1 Å². The van der Waals surface area contributed by atoms with Gasteiger partial charge in [0.2, 0.25) is 17.8 Å². The smallest absolute Gasteiger partial charge is 0.287 e. The molecule has 0 amide bonds. The Labute approximate surface area is 458 Å². The highest BCUT2D eigenvalue weighted by molar-refractivity contribution is 7.20. The quantitative estimate of drug-likeness (QED) is 0.0611. The van der Waals surface area contributed by atoms with Crippen molar-refractivity contribution in [1.82, 2.24) is 0 Å². The third-order valence-electron chi connectivity index (χ3n) is 13.4. The molecule has 0 N–H and O–H groups in total. The maximum absolute atomic E-state index is 14.2. The number of nitrogens with zero attached hydrogens (tertiary/aromatic N) is 1. The number of benzene rings is 7. The SMILES string of the molecule is Cc1ccc(Cc2ccc3ccccc3[n+]2CC(=O)c2ccccc2)cc1.FC(F)(F)c1cc([B-](c2cc(C(F)(F)F)cc(C(F)(F)F)c2)(c2cc(C(F)(F)F)cc(C(F)(F)F)c2)c2cc(C(F)(F)F)cc(C(F)(F)F)c2)cc(C(F)(F)F)c1. The minimum absolute atomic E-state index is 0.127. The van der Waals surface area contributed by atoms with E-state index in [1.54, 1.807) is 0 Å². The second-order valence-corrected chi connectivity index (χ2v) is 19.1. The number of Topliss-reactive ketones (excluding diaryl/α,β-unsaturated/α-hetero) is 1. The highest BCUT2D eigenvalue weighted by Crippen LogP contribution is 2.41. The number of halogens is 24. The molecule has 84 heavy (non-hydrogen) atoms. The topological polar surface area (TPSA) is 20.9 Å². The van der Waals surface area contributed by atoms with Gasteiger partial charge in [-0.3, -0.25) is 4.79 Å². The van der Waals surface area contributed by atoms with Gasteiger partial charge in [-0.15, -0.1) is 0 Å². The van der Waals surface area contributed by atoms with Crippen LogP contribution in [0.5, 0.6) is 0 Å². The Balaban J connectivity index is 0.000000309. The molecule has 2 nitrogen and oxygen atoms in total. The number of aryl methyl sites for hydroxylation is 1. The van der Waals surface area contributed by atoms with Crippen molar-refractivity contribution in [1.29, 1.82) is 0 Å². The summed E-state index contributed by atoms with van der Waals surface area (Å²) in [6.45, 7) is 2.44. The van der Waals surface area contributed by atoms with Crippen LogP contribution in [0.4, 0.5) is 105 Å². The fraction of sp³-hybridized carbons (Fsp3) is 0.193. The van der Waals surface area contributed by atoms with Gasteiger partial charge in [-0.1, -0.05) is 121 Å². The minimum atomic E-state index is -6.13. The molecule has 0 radical (unpaired) electrons. The van der Waals surface area contributed by atoms with Crippen LogP contribution in [0.15, 0.2) is 164 Å². The molecule has 1 aromatic heterocycles. The third kappa shape index (κ3) is 14.3.